The first-order valence-electron chi connectivity index (χ1n) is 32.4. The molecule has 0 saturated heterocycles. The number of fused-ring (bicyclic) bond motifs is 8. The smallest absolute Gasteiger partial charge is 0.308 e. The third kappa shape index (κ3) is 16.9. The van der Waals surface area contributed by atoms with E-state index in [1.807, 2.05) is 0 Å². The number of aryl methyl sites for hydroxylation is 4. The normalized spacial score (nSPS) is 14.2. The standard InChI is InChI=1S/C80H72O24/c1-37-17-25-53(26-18-37)65-57-33-59(71(95-43(7)83)77(101-49(13)89)69(57)93-41(5)81)66(54-27-19-38(2)20-28-54)61-35-63(75(99-47(11)87)79(103-51(15)91)73(61)97-45(9)85)68(56-31-23-40(4)24-32-56)64-36-62(74(98-46(10)86)80(104-52(16)92)76(64)100-48(12)88)67(55-29-21-39(3)22-30-55)60-34-58(65)70(94-42(6)82)78(102-50(14)90)72(60)96-44(8)84/h17-36,65-68H,1-16H3. The van der Waals surface area contributed by atoms with Crippen LogP contribution in [-0.2, 0) is 57.5 Å². The summed E-state index contributed by atoms with van der Waals surface area (Å²) in [5.74, 6) is -28.0. The fourth-order valence-corrected chi connectivity index (χ4v) is 12.5. The lowest BCUT2D eigenvalue weighted by Crippen LogP contribution is -2.22. The lowest BCUT2D eigenvalue weighted by molar-refractivity contribution is -0.135. The van der Waals surface area contributed by atoms with Crippen LogP contribution in [-0.4, -0.2) is 71.6 Å². The van der Waals surface area contributed by atoms with Gasteiger partial charge in [-0.2, -0.15) is 0 Å². The molecule has 24 heteroatoms. The van der Waals surface area contributed by atoms with Crippen molar-refractivity contribution in [2.75, 3.05) is 0 Å². The second-order valence-corrected chi connectivity index (χ2v) is 24.7. The van der Waals surface area contributed by atoms with E-state index in [0.29, 0.717) is 22.3 Å². The number of carbonyl (C=O) groups excluding carboxylic acids is 12. The SMILES string of the molecule is CC(=O)Oc1c2cc(c(OC(C)=O)c1OC(C)=O)C(c1ccc(C)cc1)c1cc(c(OC(C)=O)c(OC(C)=O)c1OC(C)=O)C(c1ccc(C)cc1)c1cc(c(OC(C)=O)c(OC(C)=O)c1OC(C)=O)C(c1ccc(C)cc1)c1cc(c(OC(C)=O)c(OC(C)=O)c1OC(C)=O)C2c1ccc(C)cc1. The van der Waals surface area contributed by atoms with Gasteiger partial charge < -0.3 is 56.8 Å². The Morgan fingerprint density at radius 2 is 0.288 bits per heavy atom. The van der Waals surface area contributed by atoms with Gasteiger partial charge in [0.25, 0.3) is 0 Å². The zero-order chi connectivity index (χ0) is 76.0. The van der Waals surface area contributed by atoms with E-state index < -0.39 is 164 Å². The Hall–Kier alpha value is -12.6. The number of esters is 12. The van der Waals surface area contributed by atoms with Crippen molar-refractivity contribution in [3.8, 4) is 69.0 Å². The Labute approximate surface area is 597 Å². The van der Waals surface area contributed by atoms with Crippen LogP contribution in [0.1, 0.15) is 196 Å². The molecule has 0 N–H and O–H groups in total. The average molecular weight is 1420 g/mol. The predicted octanol–water partition coefficient (Wildman–Crippen LogP) is 13.1. The molecule has 0 aliphatic heterocycles. The van der Waals surface area contributed by atoms with Gasteiger partial charge in [0.2, 0.25) is 23.0 Å². The van der Waals surface area contributed by atoms with E-state index in [0.717, 1.165) is 83.1 Å². The molecular formula is C80H72O24. The Kier molecular flexibility index (Phi) is 22.9. The highest BCUT2D eigenvalue weighted by Crippen LogP contribution is 2.62. The van der Waals surface area contributed by atoms with Crippen LogP contribution in [0.3, 0.4) is 0 Å². The molecule has 0 radical (unpaired) electrons. The van der Waals surface area contributed by atoms with Crippen molar-refractivity contribution in [3.63, 3.8) is 0 Å². The summed E-state index contributed by atoms with van der Waals surface area (Å²) in [5.41, 5.74) is 1.49. The van der Waals surface area contributed by atoms with Gasteiger partial charge >= 0.3 is 71.6 Å². The molecule has 0 fully saturated rings. The molecule has 1 aliphatic rings. The zero-order valence-corrected chi connectivity index (χ0v) is 59.7. The molecule has 0 atom stereocenters. The third-order valence-corrected chi connectivity index (χ3v) is 16.1. The highest BCUT2D eigenvalue weighted by atomic mass is 16.6. The first kappa shape index (κ1) is 75.6. The molecule has 0 heterocycles. The highest BCUT2D eigenvalue weighted by molar-refractivity contribution is 5.88. The molecule has 0 unspecified atom stereocenters. The van der Waals surface area contributed by atoms with Crippen molar-refractivity contribution >= 4 is 71.6 Å². The number of ether oxygens (including phenoxy) is 12. The highest BCUT2D eigenvalue weighted by Gasteiger charge is 2.45. The summed E-state index contributed by atoms with van der Waals surface area (Å²) in [5, 5.41) is 0. The maximum Gasteiger partial charge on any atom is 0.308 e. The molecule has 536 valence electrons. The van der Waals surface area contributed by atoms with Crippen LogP contribution in [0.25, 0.3) is 0 Å². The van der Waals surface area contributed by atoms with Crippen molar-refractivity contribution in [2.45, 2.75) is 134 Å². The number of carbonyl (C=O) groups is 12. The first-order valence-corrected chi connectivity index (χ1v) is 32.4. The van der Waals surface area contributed by atoms with Gasteiger partial charge in [-0.05, 0) is 74.2 Å². The van der Waals surface area contributed by atoms with Crippen molar-refractivity contribution in [3.05, 3.63) is 210 Å². The third-order valence-electron chi connectivity index (χ3n) is 16.1. The second-order valence-electron chi connectivity index (χ2n) is 24.7. The second kappa shape index (κ2) is 31.5. The van der Waals surface area contributed by atoms with Crippen LogP contribution in [0, 0.1) is 27.7 Å². The Morgan fingerprint density at radius 3 is 0.394 bits per heavy atom. The molecule has 0 amide bonds. The molecule has 0 saturated carbocycles. The van der Waals surface area contributed by atoms with Crippen molar-refractivity contribution < 1.29 is 114 Å². The largest absolute Gasteiger partial charge is 0.422 e. The molecule has 9 rings (SSSR count). The minimum absolute atomic E-state index is 0.190. The van der Waals surface area contributed by atoms with E-state index in [-0.39, 0.29) is 66.8 Å². The topological polar surface area (TPSA) is 316 Å². The fourth-order valence-electron chi connectivity index (χ4n) is 12.5. The summed E-state index contributed by atoms with van der Waals surface area (Å²) in [7, 11) is 0. The maximum atomic E-state index is 14.2. The van der Waals surface area contributed by atoms with E-state index >= 15 is 0 Å². The maximum absolute atomic E-state index is 14.2. The molecule has 1 aliphatic carbocycles. The van der Waals surface area contributed by atoms with E-state index in [9.17, 15) is 57.5 Å². The van der Waals surface area contributed by atoms with Gasteiger partial charge in [-0.3, -0.25) is 57.5 Å². The van der Waals surface area contributed by atoms with Crippen LogP contribution < -0.4 is 56.8 Å². The fraction of sp³-hybridized carbons (Fsp3) is 0.250. The molecule has 0 aromatic heterocycles. The van der Waals surface area contributed by atoms with Crippen molar-refractivity contribution in [2.24, 2.45) is 0 Å². The van der Waals surface area contributed by atoms with Gasteiger partial charge in [-0.25, -0.2) is 0 Å². The Bertz CT molecular complexity index is 4090. The van der Waals surface area contributed by atoms with E-state index in [1.54, 1.807) is 125 Å². The van der Waals surface area contributed by atoms with Crippen LogP contribution in [0.15, 0.2) is 121 Å². The molecule has 24 nitrogen and oxygen atoms in total. The van der Waals surface area contributed by atoms with Crippen molar-refractivity contribution in [1.29, 1.82) is 0 Å². The molecule has 8 aromatic carbocycles. The predicted molar refractivity (Wildman–Crippen MR) is 370 cm³/mol. The quantitative estimate of drug-likeness (QED) is 0.0641. The van der Waals surface area contributed by atoms with E-state index in [1.165, 1.54) is 24.3 Å². The molecule has 0 spiro atoms. The molecule has 104 heavy (non-hydrogen) atoms. The van der Waals surface area contributed by atoms with Gasteiger partial charge in [0, 0.05) is 151 Å². The number of rotatable bonds is 16. The minimum atomic E-state index is -1.70. The molecular weight excluding hydrogens is 1340 g/mol. The van der Waals surface area contributed by atoms with Crippen molar-refractivity contribution in [1.82, 2.24) is 0 Å². The first-order chi connectivity index (χ1) is 49.1. The van der Waals surface area contributed by atoms with Crippen LogP contribution in [0.4, 0.5) is 0 Å². The number of hydrogen-bond donors (Lipinski definition) is 0. The number of hydrogen-bond acceptors (Lipinski definition) is 24. The summed E-state index contributed by atoms with van der Waals surface area (Å²) in [6, 6.07) is 32.0. The molecule has 8 bridgehead atoms. The van der Waals surface area contributed by atoms with Gasteiger partial charge in [0.15, 0.2) is 46.0 Å². The van der Waals surface area contributed by atoms with Gasteiger partial charge in [0.1, 0.15) is 0 Å². The summed E-state index contributed by atoms with van der Waals surface area (Å²) < 4.78 is 75.1. The van der Waals surface area contributed by atoms with Crippen LogP contribution >= 0.6 is 0 Å². The summed E-state index contributed by atoms with van der Waals surface area (Å²) >= 11 is 0. The number of benzene rings is 8. The lowest BCUT2D eigenvalue weighted by Gasteiger charge is -2.33. The van der Waals surface area contributed by atoms with Gasteiger partial charge in [-0.15, -0.1) is 0 Å². The van der Waals surface area contributed by atoms with Crippen LogP contribution in [0.5, 0.6) is 69.0 Å². The Morgan fingerprint density at radius 1 is 0.183 bits per heavy atom. The van der Waals surface area contributed by atoms with E-state index in [4.69, 9.17) is 56.8 Å². The van der Waals surface area contributed by atoms with E-state index in [2.05, 4.69) is 0 Å². The Balaban J connectivity index is 1.83. The summed E-state index contributed by atoms with van der Waals surface area (Å²) in [6.45, 7) is 19.2. The summed E-state index contributed by atoms with van der Waals surface area (Å²) in [4.78, 5) is 170. The average Bonchev–Trinajstić information content (AvgIpc) is 0.720. The minimum Gasteiger partial charge on any atom is -0.422 e. The monoisotopic (exact) mass is 1420 g/mol. The molecule has 8 aromatic rings. The lowest BCUT2D eigenvalue weighted by atomic mass is 9.74. The van der Waals surface area contributed by atoms with Crippen LogP contribution in [0.2, 0.25) is 0 Å². The van der Waals surface area contributed by atoms with Gasteiger partial charge in [-0.1, -0.05) is 119 Å². The zero-order valence-electron chi connectivity index (χ0n) is 59.7. The summed E-state index contributed by atoms with van der Waals surface area (Å²) in [6.07, 6.45) is 0. The van der Waals surface area contributed by atoms with Gasteiger partial charge in [0.05, 0.1) is 0 Å².